The number of ether oxygens (including phenoxy) is 1. The van der Waals surface area contributed by atoms with Gasteiger partial charge in [0.2, 0.25) is 15.9 Å². The molecule has 1 aliphatic rings. The highest BCUT2D eigenvalue weighted by atomic mass is 32.2. The van der Waals surface area contributed by atoms with Crippen LogP contribution in [0, 0.1) is 0 Å². The van der Waals surface area contributed by atoms with Gasteiger partial charge < -0.3 is 10.1 Å². The zero-order valence-corrected chi connectivity index (χ0v) is 16.3. The monoisotopic (exact) mass is 388 g/mol. The second-order valence-corrected chi connectivity index (χ2v) is 8.59. The van der Waals surface area contributed by atoms with Gasteiger partial charge in [-0.15, -0.1) is 0 Å². The van der Waals surface area contributed by atoms with Crippen molar-refractivity contribution < 1.29 is 17.9 Å². The van der Waals surface area contributed by atoms with E-state index in [1.165, 1.54) is 12.7 Å². The first kappa shape index (κ1) is 19.2. The van der Waals surface area contributed by atoms with Crippen LogP contribution in [0.4, 0.5) is 5.69 Å². The minimum absolute atomic E-state index is 0.0887. The number of nitrogens with zero attached hydrogens (tertiary/aromatic N) is 1. The van der Waals surface area contributed by atoms with E-state index >= 15 is 0 Å². The van der Waals surface area contributed by atoms with Gasteiger partial charge in [0.15, 0.2) is 0 Å². The van der Waals surface area contributed by atoms with Gasteiger partial charge in [0.1, 0.15) is 12.3 Å². The maximum Gasteiger partial charge on any atom is 0.241 e. The van der Waals surface area contributed by atoms with E-state index in [4.69, 9.17) is 4.74 Å². The van der Waals surface area contributed by atoms with Crippen molar-refractivity contribution in [3.8, 4) is 5.75 Å². The van der Waals surface area contributed by atoms with E-state index in [1.54, 1.807) is 24.3 Å². The standard InChI is InChI=1S/C20H24N2O4S/c1-26-17-10-6-9-16(13-17)22(27(2,24)25)14-20(23)21-19-12-5-8-15-7-3-4-11-18(15)19/h3-4,6-7,9-11,13,19H,5,8,12,14H2,1-2H3,(H,21,23)/t19-/m0/s1. The number of carbonyl (C=O) groups excluding carboxylic acids is 1. The Labute approximate surface area is 160 Å². The van der Waals surface area contributed by atoms with E-state index in [-0.39, 0.29) is 18.5 Å². The number of carbonyl (C=O) groups is 1. The van der Waals surface area contributed by atoms with Crippen LogP contribution in [-0.2, 0) is 21.2 Å². The molecule has 6 nitrogen and oxygen atoms in total. The number of methoxy groups -OCH3 is 1. The molecule has 0 spiro atoms. The molecule has 1 N–H and O–H groups in total. The highest BCUT2D eigenvalue weighted by Crippen LogP contribution is 2.29. The van der Waals surface area contributed by atoms with Crippen LogP contribution in [0.2, 0.25) is 0 Å². The van der Waals surface area contributed by atoms with Gasteiger partial charge in [-0.3, -0.25) is 9.10 Å². The number of aryl methyl sites for hydroxylation is 1. The minimum atomic E-state index is -3.62. The molecule has 2 aromatic carbocycles. The van der Waals surface area contributed by atoms with E-state index in [0.717, 1.165) is 35.4 Å². The van der Waals surface area contributed by atoms with Crippen molar-refractivity contribution in [2.24, 2.45) is 0 Å². The third-order valence-electron chi connectivity index (χ3n) is 4.73. The molecule has 1 aliphatic carbocycles. The Morgan fingerprint density at radius 3 is 2.74 bits per heavy atom. The highest BCUT2D eigenvalue weighted by molar-refractivity contribution is 7.92. The molecule has 27 heavy (non-hydrogen) atoms. The van der Waals surface area contributed by atoms with Gasteiger partial charge in [-0.2, -0.15) is 0 Å². The Morgan fingerprint density at radius 1 is 1.22 bits per heavy atom. The topological polar surface area (TPSA) is 75.7 Å². The highest BCUT2D eigenvalue weighted by Gasteiger charge is 2.25. The molecule has 0 bridgehead atoms. The van der Waals surface area contributed by atoms with E-state index in [0.29, 0.717) is 11.4 Å². The summed E-state index contributed by atoms with van der Waals surface area (Å²) in [7, 11) is -2.11. The molecule has 144 valence electrons. The Morgan fingerprint density at radius 2 is 2.00 bits per heavy atom. The van der Waals surface area contributed by atoms with E-state index < -0.39 is 10.0 Å². The molecule has 0 fully saturated rings. The maximum atomic E-state index is 12.7. The number of hydrogen-bond donors (Lipinski definition) is 1. The van der Waals surface area contributed by atoms with Crippen LogP contribution in [0.1, 0.15) is 30.0 Å². The van der Waals surface area contributed by atoms with Crippen molar-refractivity contribution in [3.63, 3.8) is 0 Å². The summed E-state index contributed by atoms with van der Waals surface area (Å²) in [4.78, 5) is 12.7. The van der Waals surface area contributed by atoms with E-state index in [9.17, 15) is 13.2 Å². The van der Waals surface area contributed by atoms with E-state index in [2.05, 4.69) is 11.4 Å². The number of hydrogen-bond acceptors (Lipinski definition) is 4. The molecule has 3 rings (SSSR count). The molecule has 1 amide bonds. The SMILES string of the molecule is COc1cccc(N(CC(=O)N[C@H]2CCCc3ccccc32)S(C)(=O)=O)c1. The smallest absolute Gasteiger partial charge is 0.241 e. The zero-order chi connectivity index (χ0) is 19.4. The first-order valence-electron chi connectivity index (χ1n) is 8.87. The van der Waals surface area contributed by atoms with Crippen LogP contribution in [-0.4, -0.2) is 34.2 Å². The third-order valence-corrected chi connectivity index (χ3v) is 5.87. The fourth-order valence-electron chi connectivity index (χ4n) is 3.44. The van der Waals surface area contributed by atoms with Crippen molar-refractivity contribution in [2.75, 3.05) is 24.2 Å². The predicted molar refractivity (Wildman–Crippen MR) is 105 cm³/mol. The summed E-state index contributed by atoms with van der Waals surface area (Å²) in [6.07, 6.45) is 3.94. The van der Waals surface area contributed by atoms with Crippen LogP contribution >= 0.6 is 0 Å². The molecule has 0 aromatic heterocycles. The lowest BCUT2D eigenvalue weighted by Crippen LogP contribution is -2.42. The lowest BCUT2D eigenvalue weighted by molar-refractivity contribution is -0.120. The number of sulfonamides is 1. The summed E-state index contributed by atoms with van der Waals surface area (Å²) >= 11 is 0. The third kappa shape index (κ3) is 4.60. The van der Waals surface area contributed by atoms with Crippen LogP contribution < -0.4 is 14.4 Å². The number of rotatable bonds is 6. The number of amides is 1. The second kappa shape index (κ2) is 8.00. The molecular weight excluding hydrogens is 364 g/mol. The number of nitrogens with one attached hydrogen (secondary N) is 1. The number of benzene rings is 2. The fraction of sp³-hybridized carbons (Fsp3) is 0.350. The number of anilines is 1. The van der Waals surface area contributed by atoms with Gasteiger partial charge in [0.05, 0.1) is 25.1 Å². The van der Waals surface area contributed by atoms with Gasteiger partial charge >= 0.3 is 0 Å². The molecule has 1 atom stereocenters. The average molecular weight is 388 g/mol. The summed E-state index contributed by atoms with van der Waals surface area (Å²) in [6, 6.07) is 14.6. The van der Waals surface area contributed by atoms with Gasteiger partial charge in [-0.05, 0) is 42.5 Å². The molecule has 0 radical (unpaired) electrons. The molecular formula is C20H24N2O4S. The fourth-order valence-corrected chi connectivity index (χ4v) is 4.29. The first-order valence-corrected chi connectivity index (χ1v) is 10.7. The summed E-state index contributed by atoms with van der Waals surface area (Å²) in [5.74, 6) is 0.202. The van der Waals surface area contributed by atoms with Gasteiger partial charge in [0, 0.05) is 6.07 Å². The molecule has 7 heteroatoms. The zero-order valence-electron chi connectivity index (χ0n) is 15.5. The lowest BCUT2D eigenvalue weighted by Gasteiger charge is -2.28. The second-order valence-electron chi connectivity index (χ2n) is 6.68. The van der Waals surface area contributed by atoms with Gasteiger partial charge in [-0.1, -0.05) is 30.3 Å². The summed E-state index contributed by atoms with van der Waals surface area (Å²) < 4.78 is 30.8. The van der Waals surface area contributed by atoms with Crippen LogP contribution in [0.15, 0.2) is 48.5 Å². The molecule has 2 aromatic rings. The first-order chi connectivity index (χ1) is 12.9. The van der Waals surface area contributed by atoms with Crippen molar-refractivity contribution >= 4 is 21.6 Å². The largest absolute Gasteiger partial charge is 0.497 e. The number of fused-ring (bicyclic) bond motifs is 1. The minimum Gasteiger partial charge on any atom is -0.497 e. The van der Waals surface area contributed by atoms with Gasteiger partial charge in [-0.25, -0.2) is 8.42 Å². The predicted octanol–water partition coefficient (Wildman–Crippen LogP) is 2.66. The van der Waals surface area contributed by atoms with Crippen LogP contribution in [0.3, 0.4) is 0 Å². The molecule has 0 saturated heterocycles. The Balaban J connectivity index is 1.78. The average Bonchev–Trinajstić information content (AvgIpc) is 2.65. The molecule has 0 aliphatic heterocycles. The maximum absolute atomic E-state index is 12.7. The quantitative estimate of drug-likeness (QED) is 0.825. The Hall–Kier alpha value is -2.54. The summed E-state index contributed by atoms with van der Waals surface area (Å²) in [6.45, 7) is -0.273. The Kier molecular flexibility index (Phi) is 5.70. The summed E-state index contributed by atoms with van der Waals surface area (Å²) in [5.41, 5.74) is 2.75. The normalized spacial score (nSPS) is 16.3. The van der Waals surface area contributed by atoms with Crippen LogP contribution in [0.5, 0.6) is 5.75 Å². The van der Waals surface area contributed by atoms with E-state index in [1.807, 2.05) is 18.2 Å². The Bertz CT molecular complexity index is 927. The van der Waals surface area contributed by atoms with Crippen molar-refractivity contribution in [1.29, 1.82) is 0 Å². The van der Waals surface area contributed by atoms with Crippen molar-refractivity contribution in [3.05, 3.63) is 59.7 Å². The van der Waals surface area contributed by atoms with Crippen LogP contribution in [0.25, 0.3) is 0 Å². The molecule has 0 saturated carbocycles. The molecule has 0 unspecified atom stereocenters. The van der Waals surface area contributed by atoms with Gasteiger partial charge in [0.25, 0.3) is 0 Å². The summed E-state index contributed by atoms with van der Waals surface area (Å²) in [5, 5.41) is 3.00. The molecule has 0 heterocycles. The van der Waals surface area contributed by atoms with Crippen molar-refractivity contribution in [2.45, 2.75) is 25.3 Å². The van der Waals surface area contributed by atoms with Crippen molar-refractivity contribution in [1.82, 2.24) is 5.32 Å². The lowest BCUT2D eigenvalue weighted by atomic mass is 9.88.